The molecule has 1 unspecified atom stereocenters. The summed E-state index contributed by atoms with van der Waals surface area (Å²) in [6, 6.07) is 6.77. The summed E-state index contributed by atoms with van der Waals surface area (Å²) in [6.07, 6.45) is 2.64. The molecule has 1 heterocycles. The molecule has 0 bridgehead atoms. The smallest absolute Gasteiger partial charge is 0.338 e. The molecule has 5 heteroatoms. The van der Waals surface area contributed by atoms with Crippen LogP contribution in [0.15, 0.2) is 24.3 Å². The Morgan fingerprint density at radius 3 is 2.52 bits per heavy atom. The van der Waals surface area contributed by atoms with E-state index in [9.17, 15) is 9.59 Å². The molecule has 0 saturated carbocycles. The van der Waals surface area contributed by atoms with Gasteiger partial charge in [0.25, 0.3) is 0 Å². The summed E-state index contributed by atoms with van der Waals surface area (Å²) in [6.45, 7) is 5.01. The maximum atomic E-state index is 12.4. The highest BCUT2D eigenvalue weighted by Gasteiger charge is 2.38. The first-order valence-corrected chi connectivity index (χ1v) is 7.45. The minimum atomic E-state index is -0.459. The molecule has 114 valence electrons. The second-order valence-corrected chi connectivity index (χ2v) is 5.22. The molecule has 21 heavy (non-hydrogen) atoms. The summed E-state index contributed by atoms with van der Waals surface area (Å²) in [5.74, 6) is -0.357. The number of hydrogen-bond donors (Lipinski definition) is 2. The van der Waals surface area contributed by atoms with Crippen LogP contribution < -0.4 is 10.6 Å². The first kappa shape index (κ1) is 15.5. The highest BCUT2D eigenvalue weighted by Crippen LogP contribution is 2.25. The van der Waals surface area contributed by atoms with Crippen molar-refractivity contribution >= 4 is 17.6 Å². The Balaban J connectivity index is 2.03. The van der Waals surface area contributed by atoms with Gasteiger partial charge in [-0.15, -0.1) is 0 Å². The number of anilines is 1. The van der Waals surface area contributed by atoms with Crippen molar-refractivity contribution in [2.45, 2.75) is 38.6 Å². The van der Waals surface area contributed by atoms with Gasteiger partial charge in [-0.3, -0.25) is 4.79 Å². The number of esters is 1. The van der Waals surface area contributed by atoms with Crippen LogP contribution in [0.5, 0.6) is 0 Å². The standard InChI is InChI=1S/C16H22N2O3/c1-3-16(10-5-11-17-16)15(20)18-13-8-6-12(7-9-13)14(19)21-4-2/h6-9,17H,3-5,10-11H2,1-2H3,(H,18,20). The predicted molar refractivity (Wildman–Crippen MR) is 81.3 cm³/mol. The Bertz CT molecular complexity index is 505. The third-order valence-corrected chi connectivity index (χ3v) is 3.94. The van der Waals surface area contributed by atoms with Gasteiger partial charge in [0.05, 0.1) is 17.7 Å². The normalized spacial score (nSPS) is 21.0. The zero-order chi connectivity index (χ0) is 15.3. The van der Waals surface area contributed by atoms with Crippen LogP contribution in [0.3, 0.4) is 0 Å². The predicted octanol–water partition coefficient (Wildman–Crippen LogP) is 2.33. The quantitative estimate of drug-likeness (QED) is 0.817. The first-order valence-electron chi connectivity index (χ1n) is 7.45. The van der Waals surface area contributed by atoms with E-state index in [4.69, 9.17) is 4.74 Å². The van der Waals surface area contributed by atoms with E-state index in [0.717, 1.165) is 25.8 Å². The number of benzene rings is 1. The third kappa shape index (κ3) is 3.42. The van der Waals surface area contributed by atoms with Crippen molar-refractivity contribution in [1.29, 1.82) is 0 Å². The molecule has 1 fully saturated rings. The Kier molecular flexibility index (Phi) is 4.96. The molecule has 1 aliphatic rings. The van der Waals surface area contributed by atoms with E-state index in [2.05, 4.69) is 10.6 Å². The average molecular weight is 290 g/mol. The van der Waals surface area contributed by atoms with Gasteiger partial charge >= 0.3 is 5.97 Å². The maximum Gasteiger partial charge on any atom is 0.338 e. The summed E-state index contributed by atoms with van der Waals surface area (Å²) in [7, 11) is 0. The molecular formula is C16H22N2O3. The average Bonchev–Trinajstić information content (AvgIpc) is 2.98. The first-order chi connectivity index (χ1) is 10.1. The van der Waals surface area contributed by atoms with Crippen LogP contribution in [0.2, 0.25) is 0 Å². The van der Waals surface area contributed by atoms with Crippen LogP contribution in [0.1, 0.15) is 43.5 Å². The van der Waals surface area contributed by atoms with Crippen molar-refractivity contribution in [1.82, 2.24) is 5.32 Å². The molecule has 5 nitrogen and oxygen atoms in total. The van der Waals surface area contributed by atoms with Crippen LogP contribution in [0, 0.1) is 0 Å². The Morgan fingerprint density at radius 1 is 1.29 bits per heavy atom. The molecule has 1 atom stereocenters. The highest BCUT2D eigenvalue weighted by atomic mass is 16.5. The van der Waals surface area contributed by atoms with Crippen molar-refractivity contribution in [2.24, 2.45) is 0 Å². The molecule has 0 radical (unpaired) electrons. The van der Waals surface area contributed by atoms with Gasteiger partial charge in [0.15, 0.2) is 0 Å². The zero-order valence-corrected chi connectivity index (χ0v) is 12.6. The van der Waals surface area contributed by atoms with E-state index in [-0.39, 0.29) is 11.9 Å². The van der Waals surface area contributed by atoms with Gasteiger partial charge in [0.1, 0.15) is 0 Å². The highest BCUT2D eigenvalue weighted by molar-refractivity contribution is 5.98. The van der Waals surface area contributed by atoms with Crippen LogP contribution in [0.25, 0.3) is 0 Å². The lowest BCUT2D eigenvalue weighted by atomic mass is 9.93. The van der Waals surface area contributed by atoms with Gasteiger partial charge in [-0.2, -0.15) is 0 Å². The molecule has 0 aromatic heterocycles. The van der Waals surface area contributed by atoms with Gasteiger partial charge < -0.3 is 15.4 Å². The summed E-state index contributed by atoms with van der Waals surface area (Å²) >= 11 is 0. The van der Waals surface area contributed by atoms with Crippen molar-refractivity contribution in [3.8, 4) is 0 Å². The summed E-state index contributed by atoms with van der Waals surface area (Å²) in [4.78, 5) is 24.0. The van der Waals surface area contributed by atoms with Gasteiger partial charge in [-0.25, -0.2) is 4.79 Å². The second-order valence-electron chi connectivity index (χ2n) is 5.22. The van der Waals surface area contributed by atoms with Crippen LogP contribution >= 0.6 is 0 Å². The number of amides is 1. The largest absolute Gasteiger partial charge is 0.462 e. The Morgan fingerprint density at radius 2 is 2.00 bits per heavy atom. The lowest BCUT2D eigenvalue weighted by molar-refractivity contribution is -0.122. The van der Waals surface area contributed by atoms with Crippen molar-refractivity contribution in [2.75, 3.05) is 18.5 Å². The van der Waals surface area contributed by atoms with Gasteiger partial charge in [-0.1, -0.05) is 6.92 Å². The van der Waals surface area contributed by atoms with Crippen LogP contribution in [-0.4, -0.2) is 30.6 Å². The Hall–Kier alpha value is -1.88. The SMILES string of the molecule is CCOC(=O)c1ccc(NC(=O)C2(CC)CCCN2)cc1. The van der Waals surface area contributed by atoms with E-state index >= 15 is 0 Å². The van der Waals surface area contributed by atoms with Crippen molar-refractivity contribution < 1.29 is 14.3 Å². The zero-order valence-electron chi connectivity index (χ0n) is 12.6. The fourth-order valence-corrected chi connectivity index (χ4v) is 2.62. The number of ether oxygens (including phenoxy) is 1. The van der Waals surface area contributed by atoms with E-state index < -0.39 is 5.54 Å². The summed E-state index contributed by atoms with van der Waals surface area (Å²) in [5.41, 5.74) is 0.716. The van der Waals surface area contributed by atoms with Crippen molar-refractivity contribution in [3.63, 3.8) is 0 Å². The van der Waals surface area contributed by atoms with E-state index in [1.807, 2.05) is 6.92 Å². The van der Waals surface area contributed by atoms with E-state index in [1.165, 1.54) is 0 Å². The molecule has 1 amide bonds. The van der Waals surface area contributed by atoms with Crippen molar-refractivity contribution in [3.05, 3.63) is 29.8 Å². The molecule has 0 aliphatic carbocycles. The minimum Gasteiger partial charge on any atom is -0.462 e. The molecule has 2 N–H and O–H groups in total. The lowest BCUT2D eigenvalue weighted by Gasteiger charge is -2.26. The third-order valence-electron chi connectivity index (χ3n) is 3.94. The van der Waals surface area contributed by atoms with E-state index in [0.29, 0.717) is 17.9 Å². The lowest BCUT2D eigenvalue weighted by Crippen LogP contribution is -2.50. The molecule has 2 rings (SSSR count). The number of hydrogen-bond acceptors (Lipinski definition) is 4. The molecule has 1 aliphatic heterocycles. The summed E-state index contributed by atoms with van der Waals surface area (Å²) < 4.78 is 4.93. The monoisotopic (exact) mass is 290 g/mol. The van der Waals surface area contributed by atoms with Gasteiger partial charge in [0.2, 0.25) is 5.91 Å². The molecule has 1 aromatic rings. The van der Waals surface area contributed by atoms with Crippen LogP contribution in [0.4, 0.5) is 5.69 Å². The van der Waals surface area contributed by atoms with Gasteiger partial charge in [0, 0.05) is 5.69 Å². The fourth-order valence-electron chi connectivity index (χ4n) is 2.62. The maximum absolute atomic E-state index is 12.4. The fraction of sp³-hybridized carbons (Fsp3) is 0.500. The molecule has 1 aromatic carbocycles. The molecule has 1 saturated heterocycles. The number of nitrogens with one attached hydrogen (secondary N) is 2. The van der Waals surface area contributed by atoms with Gasteiger partial charge in [-0.05, 0) is 57.0 Å². The number of carbonyl (C=O) groups is 2. The minimum absolute atomic E-state index is 0.00798. The molecule has 0 spiro atoms. The van der Waals surface area contributed by atoms with Crippen LogP contribution in [-0.2, 0) is 9.53 Å². The summed E-state index contributed by atoms with van der Waals surface area (Å²) in [5, 5.41) is 6.22. The number of carbonyl (C=O) groups excluding carboxylic acids is 2. The number of rotatable bonds is 5. The Labute approximate surface area is 125 Å². The molecular weight excluding hydrogens is 268 g/mol. The topological polar surface area (TPSA) is 67.4 Å². The van der Waals surface area contributed by atoms with E-state index in [1.54, 1.807) is 31.2 Å². The second kappa shape index (κ2) is 6.72.